The van der Waals surface area contributed by atoms with Gasteiger partial charge in [-0.05, 0) is 42.3 Å². The number of nitrogens with one attached hydrogen (secondary N) is 2. The highest BCUT2D eigenvalue weighted by Gasteiger charge is 2.16. The average Bonchev–Trinajstić information content (AvgIpc) is 2.75. The zero-order chi connectivity index (χ0) is 21.3. The van der Waals surface area contributed by atoms with Crippen LogP contribution in [0, 0.1) is 0 Å². The van der Waals surface area contributed by atoms with Gasteiger partial charge in [-0.15, -0.1) is 0 Å². The van der Waals surface area contributed by atoms with Crippen molar-refractivity contribution < 1.29 is 14.3 Å². The lowest BCUT2D eigenvalue weighted by atomic mass is 10.1. The highest BCUT2D eigenvalue weighted by molar-refractivity contribution is 6.31. The summed E-state index contributed by atoms with van der Waals surface area (Å²) >= 11 is 6.12. The first-order valence-electron chi connectivity index (χ1n) is 9.73. The summed E-state index contributed by atoms with van der Waals surface area (Å²) in [5.41, 5.74) is 2.34. The Morgan fingerprint density at radius 3 is 2.27 bits per heavy atom. The highest BCUT2D eigenvalue weighted by Crippen LogP contribution is 2.27. The second-order valence-electron chi connectivity index (χ2n) is 6.71. The third-order valence-corrected chi connectivity index (χ3v) is 4.58. The molecule has 3 aromatic carbocycles. The first-order valence-corrected chi connectivity index (χ1v) is 10.1. The molecule has 0 aliphatic rings. The van der Waals surface area contributed by atoms with Gasteiger partial charge in [-0.3, -0.25) is 9.59 Å². The van der Waals surface area contributed by atoms with E-state index < -0.39 is 0 Å². The largest absolute Gasteiger partial charge is 0.488 e. The Kier molecular flexibility index (Phi) is 7.46. The molecule has 0 heterocycles. The molecule has 0 saturated heterocycles. The molecule has 3 rings (SSSR count). The van der Waals surface area contributed by atoms with Crippen molar-refractivity contribution in [1.82, 2.24) is 0 Å². The van der Waals surface area contributed by atoms with Gasteiger partial charge in [0.2, 0.25) is 5.91 Å². The molecule has 30 heavy (non-hydrogen) atoms. The smallest absolute Gasteiger partial charge is 0.259 e. The Balaban J connectivity index is 1.79. The summed E-state index contributed by atoms with van der Waals surface area (Å²) in [5, 5.41) is 6.11. The number of para-hydroxylation sites is 2. The number of hydrogen-bond acceptors (Lipinski definition) is 3. The van der Waals surface area contributed by atoms with E-state index in [0.29, 0.717) is 40.7 Å². The predicted molar refractivity (Wildman–Crippen MR) is 120 cm³/mol. The van der Waals surface area contributed by atoms with Crippen molar-refractivity contribution in [2.45, 2.75) is 26.4 Å². The van der Waals surface area contributed by atoms with Crippen LogP contribution in [-0.4, -0.2) is 11.8 Å². The van der Waals surface area contributed by atoms with Gasteiger partial charge in [-0.1, -0.05) is 61.0 Å². The van der Waals surface area contributed by atoms with Crippen LogP contribution in [0.1, 0.15) is 35.7 Å². The standard InChI is InChI=1S/C24H23ClN2O3/c1-2-8-23(28)26-20-11-6-7-12-21(20)27-24(29)19-15-18(25)13-14-22(19)30-16-17-9-4-3-5-10-17/h3-7,9-15H,2,8,16H2,1H3,(H,26,28)(H,27,29). The summed E-state index contributed by atoms with van der Waals surface area (Å²) in [5.74, 6) is -0.0557. The van der Waals surface area contributed by atoms with E-state index in [9.17, 15) is 9.59 Å². The van der Waals surface area contributed by atoms with Crippen LogP contribution in [0.2, 0.25) is 5.02 Å². The third-order valence-electron chi connectivity index (χ3n) is 4.35. The molecule has 3 aromatic rings. The molecule has 2 amide bonds. The van der Waals surface area contributed by atoms with E-state index >= 15 is 0 Å². The lowest BCUT2D eigenvalue weighted by molar-refractivity contribution is -0.116. The third kappa shape index (κ3) is 5.84. The SMILES string of the molecule is CCCC(=O)Nc1ccccc1NC(=O)c1cc(Cl)ccc1OCc1ccccc1. The van der Waals surface area contributed by atoms with E-state index in [1.807, 2.05) is 37.3 Å². The van der Waals surface area contributed by atoms with Crippen molar-refractivity contribution in [2.75, 3.05) is 10.6 Å². The molecule has 0 aromatic heterocycles. The van der Waals surface area contributed by atoms with Crippen LogP contribution in [0.4, 0.5) is 11.4 Å². The number of anilines is 2. The zero-order valence-corrected chi connectivity index (χ0v) is 17.4. The van der Waals surface area contributed by atoms with Crippen molar-refractivity contribution in [3.8, 4) is 5.75 Å². The normalized spacial score (nSPS) is 10.3. The number of ether oxygens (including phenoxy) is 1. The molecule has 0 atom stereocenters. The van der Waals surface area contributed by atoms with E-state index in [4.69, 9.17) is 16.3 Å². The van der Waals surface area contributed by atoms with Gasteiger partial charge >= 0.3 is 0 Å². The van der Waals surface area contributed by atoms with Gasteiger partial charge < -0.3 is 15.4 Å². The molecule has 0 bridgehead atoms. The maximum Gasteiger partial charge on any atom is 0.259 e. The highest BCUT2D eigenvalue weighted by atomic mass is 35.5. The maximum absolute atomic E-state index is 13.0. The molecule has 0 radical (unpaired) electrons. The van der Waals surface area contributed by atoms with Crippen LogP contribution in [0.25, 0.3) is 0 Å². The second kappa shape index (κ2) is 10.5. The first-order chi connectivity index (χ1) is 14.6. The molecule has 5 nitrogen and oxygen atoms in total. The fourth-order valence-corrected chi connectivity index (χ4v) is 3.04. The Bertz CT molecular complexity index is 1020. The van der Waals surface area contributed by atoms with Crippen LogP contribution in [0.5, 0.6) is 5.75 Å². The van der Waals surface area contributed by atoms with E-state index in [2.05, 4.69) is 10.6 Å². The molecule has 6 heteroatoms. The first kappa shape index (κ1) is 21.4. The molecule has 154 valence electrons. The lowest BCUT2D eigenvalue weighted by Crippen LogP contribution is -2.17. The molecule has 0 aliphatic heterocycles. The maximum atomic E-state index is 13.0. The predicted octanol–water partition coefficient (Wildman–Crippen LogP) is 5.91. The van der Waals surface area contributed by atoms with Crippen LogP contribution in [0.15, 0.2) is 72.8 Å². The van der Waals surface area contributed by atoms with Crippen molar-refractivity contribution in [1.29, 1.82) is 0 Å². The number of benzene rings is 3. The molecule has 0 saturated carbocycles. The molecule has 0 aliphatic carbocycles. The van der Waals surface area contributed by atoms with Gasteiger partial charge in [-0.2, -0.15) is 0 Å². The van der Waals surface area contributed by atoms with E-state index in [0.717, 1.165) is 12.0 Å². The number of halogens is 1. The Morgan fingerprint density at radius 1 is 0.900 bits per heavy atom. The van der Waals surface area contributed by atoms with Gasteiger partial charge in [0.05, 0.1) is 16.9 Å². The second-order valence-corrected chi connectivity index (χ2v) is 7.15. The van der Waals surface area contributed by atoms with E-state index in [-0.39, 0.29) is 11.8 Å². The van der Waals surface area contributed by atoms with Crippen molar-refractivity contribution in [3.63, 3.8) is 0 Å². The quantitative estimate of drug-likeness (QED) is 0.474. The van der Waals surface area contributed by atoms with Crippen molar-refractivity contribution in [2.24, 2.45) is 0 Å². The Labute approximate surface area is 181 Å². The molecule has 0 unspecified atom stereocenters. The lowest BCUT2D eigenvalue weighted by Gasteiger charge is -2.15. The minimum Gasteiger partial charge on any atom is -0.488 e. The summed E-state index contributed by atoms with van der Waals surface area (Å²) in [6.45, 7) is 2.26. The van der Waals surface area contributed by atoms with Crippen LogP contribution in [-0.2, 0) is 11.4 Å². The average molecular weight is 423 g/mol. The molecular formula is C24H23ClN2O3. The zero-order valence-electron chi connectivity index (χ0n) is 16.7. The number of carbonyl (C=O) groups is 2. The summed E-state index contributed by atoms with van der Waals surface area (Å²) in [4.78, 5) is 25.0. The Hall–Kier alpha value is -3.31. The summed E-state index contributed by atoms with van der Waals surface area (Å²) in [6, 6.07) is 21.7. The number of rotatable bonds is 8. The Morgan fingerprint density at radius 2 is 1.57 bits per heavy atom. The van der Waals surface area contributed by atoms with Crippen molar-refractivity contribution >= 4 is 34.8 Å². The molecular weight excluding hydrogens is 400 g/mol. The van der Waals surface area contributed by atoms with Gasteiger partial charge in [0.25, 0.3) is 5.91 Å². The van der Waals surface area contributed by atoms with Crippen LogP contribution in [0.3, 0.4) is 0 Å². The van der Waals surface area contributed by atoms with Gasteiger partial charge in [0.1, 0.15) is 12.4 Å². The minimum atomic E-state index is -0.377. The van der Waals surface area contributed by atoms with Crippen LogP contribution >= 0.6 is 11.6 Å². The molecule has 2 N–H and O–H groups in total. The van der Waals surface area contributed by atoms with Gasteiger partial charge in [-0.25, -0.2) is 0 Å². The van der Waals surface area contributed by atoms with E-state index in [1.165, 1.54) is 0 Å². The topological polar surface area (TPSA) is 67.4 Å². The summed E-state index contributed by atoms with van der Waals surface area (Å²) in [7, 11) is 0. The van der Waals surface area contributed by atoms with Gasteiger partial charge in [0, 0.05) is 11.4 Å². The monoisotopic (exact) mass is 422 g/mol. The van der Waals surface area contributed by atoms with Crippen molar-refractivity contribution in [3.05, 3.63) is 88.9 Å². The summed E-state index contributed by atoms with van der Waals surface area (Å²) < 4.78 is 5.87. The van der Waals surface area contributed by atoms with E-state index in [1.54, 1.807) is 42.5 Å². The fourth-order valence-electron chi connectivity index (χ4n) is 2.87. The van der Waals surface area contributed by atoms with Gasteiger partial charge in [0.15, 0.2) is 0 Å². The molecule has 0 spiro atoms. The fraction of sp³-hybridized carbons (Fsp3) is 0.167. The summed E-state index contributed by atoms with van der Waals surface area (Å²) in [6.07, 6.45) is 1.15. The van der Waals surface area contributed by atoms with Crippen LogP contribution < -0.4 is 15.4 Å². The number of carbonyl (C=O) groups excluding carboxylic acids is 2. The number of hydrogen-bond donors (Lipinski definition) is 2. The minimum absolute atomic E-state index is 0.103. The molecule has 0 fully saturated rings. The number of amides is 2.